The molecule has 0 bridgehead atoms. The van der Waals surface area contributed by atoms with Crippen LogP contribution in [-0.4, -0.2) is 24.5 Å². The highest BCUT2D eigenvalue weighted by Crippen LogP contribution is 2.18. The van der Waals surface area contributed by atoms with Gasteiger partial charge in [-0.3, -0.25) is 20.4 Å². The van der Waals surface area contributed by atoms with Gasteiger partial charge in [-0.2, -0.15) is 0 Å². The summed E-state index contributed by atoms with van der Waals surface area (Å²) in [6.45, 7) is 5.93. The Morgan fingerprint density at radius 2 is 1.79 bits per heavy atom. The molecule has 0 saturated heterocycles. The number of carbonyl (C=O) groups excluding carboxylic acids is 2. The summed E-state index contributed by atoms with van der Waals surface area (Å²) in [5, 5.41) is 1.82. The van der Waals surface area contributed by atoms with Gasteiger partial charge in [-0.1, -0.05) is 0 Å². The van der Waals surface area contributed by atoms with E-state index in [1.807, 2.05) is 25.3 Å². The number of rotatable bonds is 6. The summed E-state index contributed by atoms with van der Waals surface area (Å²) < 4.78 is 10.9. The van der Waals surface area contributed by atoms with Crippen molar-refractivity contribution in [3.05, 3.63) is 46.2 Å². The van der Waals surface area contributed by atoms with Gasteiger partial charge in [0.2, 0.25) is 0 Å². The summed E-state index contributed by atoms with van der Waals surface area (Å²) in [5.41, 5.74) is 5.62. The Morgan fingerprint density at radius 1 is 1.12 bits per heavy atom. The molecule has 1 aromatic heterocycles. The lowest BCUT2D eigenvalue weighted by atomic mass is 10.3. The highest BCUT2D eigenvalue weighted by Gasteiger charge is 2.17. The zero-order valence-electron chi connectivity index (χ0n) is 13.8. The van der Waals surface area contributed by atoms with Gasteiger partial charge in [0.25, 0.3) is 11.8 Å². The van der Waals surface area contributed by atoms with Crippen molar-refractivity contribution in [3.8, 4) is 11.5 Å². The number of thiophene rings is 1. The molecular weight excluding hydrogens is 328 g/mol. The molecule has 0 radical (unpaired) electrons. The van der Waals surface area contributed by atoms with Crippen LogP contribution in [0.25, 0.3) is 0 Å². The third kappa shape index (κ3) is 4.73. The first-order valence-electron chi connectivity index (χ1n) is 7.55. The van der Waals surface area contributed by atoms with Crippen LogP contribution in [-0.2, 0) is 4.79 Å². The summed E-state index contributed by atoms with van der Waals surface area (Å²) in [5.74, 6) is 0.498. The molecule has 6 nitrogen and oxygen atoms in total. The van der Waals surface area contributed by atoms with E-state index in [1.54, 1.807) is 31.2 Å². The summed E-state index contributed by atoms with van der Waals surface area (Å²) >= 11 is 1.32. The van der Waals surface area contributed by atoms with Gasteiger partial charge >= 0.3 is 0 Å². The first-order valence-corrected chi connectivity index (χ1v) is 8.43. The highest BCUT2D eigenvalue weighted by molar-refractivity contribution is 7.12. The molecule has 7 heteroatoms. The van der Waals surface area contributed by atoms with Crippen molar-refractivity contribution in [3.63, 3.8) is 0 Å². The molecule has 2 rings (SSSR count). The second-order valence-corrected chi connectivity index (χ2v) is 5.96. The standard InChI is InChI=1S/C17H20N2O4S/c1-4-22-13-5-7-14(8-6-13)23-12(3)16(20)18-19-17(21)15-11(2)9-10-24-15/h5-10,12H,4H2,1-3H3,(H,18,20)(H,19,21). The average Bonchev–Trinajstić information content (AvgIpc) is 3.00. The Labute approximate surface area is 144 Å². The van der Waals surface area contributed by atoms with Crippen molar-refractivity contribution in [1.82, 2.24) is 10.9 Å². The van der Waals surface area contributed by atoms with Gasteiger partial charge < -0.3 is 9.47 Å². The SMILES string of the molecule is CCOc1ccc(OC(C)C(=O)NNC(=O)c2sccc2C)cc1. The third-order valence-corrected chi connectivity index (χ3v) is 4.20. The van der Waals surface area contributed by atoms with E-state index in [4.69, 9.17) is 9.47 Å². The molecule has 2 aromatic rings. The van der Waals surface area contributed by atoms with Crippen LogP contribution in [0.1, 0.15) is 29.1 Å². The molecule has 0 saturated carbocycles. The highest BCUT2D eigenvalue weighted by atomic mass is 32.1. The maximum Gasteiger partial charge on any atom is 0.280 e. The van der Waals surface area contributed by atoms with E-state index in [9.17, 15) is 9.59 Å². The van der Waals surface area contributed by atoms with Gasteiger partial charge in [-0.15, -0.1) is 11.3 Å². The molecule has 0 aliphatic carbocycles. The van der Waals surface area contributed by atoms with Crippen molar-refractivity contribution in [1.29, 1.82) is 0 Å². The van der Waals surface area contributed by atoms with E-state index < -0.39 is 12.0 Å². The van der Waals surface area contributed by atoms with E-state index >= 15 is 0 Å². The minimum atomic E-state index is -0.757. The van der Waals surface area contributed by atoms with Gasteiger partial charge in [0, 0.05) is 0 Å². The average molecular weight is 348 g/mol. The Bertz CT molecular complexity index is 697. The van der Waals surface area contributed by atoms with Crippen LogP contribution in [0.15, 0.2) is 35.7 Å². The summed E-state index contributed by atoms with van der Waals surface area (Å²) in [7, 11) is 0. The Hall–Kier alpha value is -2.54. The first-order chi connectivity index (χ1) is 11.5. The van der Waals surface area contributed by atoms with Crippen molar-refractivity contribution in [2.45, 2.75) is 26.9 Å². The Balaban J connectivity index is 1.83. The predicted molar refractivity (Wildman–Crippen MR) is 92.4 cm³/mol. The predicted octanol–water partition coefficient (Wildman–Crippen LogP) is 2.68. The quantitative estimate of drug-likeness (QED) is 0.787. The maximum atomic E-state index is 12.0. The van der Waals surface area contributed by atoms with Crippen molar-refractivity contribution in [2.24, 2.45) is 0 Å². The number of ether oxygens (including phenoxy) is 2. The van der Waals surface area contributed by atoms with E-state index in [0.717, 1.165) is 11.3 Å². The topological polar surface area (TPSA) is 76.7 Å². The lowest BCUT2D eigenvalue weighted by molar-refractivity contribution is -0.128. The van der Waals surface area contributed by atoms with E-state index in [1.165, 1.54) is 11.3 Å². The van der Waals surface area contributed by atoms with E-state index in [0.29, 0.717) is 17.2 Å². The molecule has 128 valence electrons. The molecule has 0 aliphatic rings. The Morgan fingerprint density at radius 3 is 2.38 bits per heavy atom. The van der Waals surface area contributed by atoms with Crippen molar-refractivity contribution < 1.29 is 19.1 Å². The molecule has 24 heavy (non-hydrogen) atoms. The van der Waals surface area contributed by atoms with Crippen LogP contribution in [0.2, 0.25) is 0 Å². The van der Waals surface area contributed by atoms with Crippen LogP contribution in [0, 0.1) is 6.92 Å². The molecule has 0 spiro atoms. The van der Waals surface area contributed by atoms with E-state index in [2.05, 4.69) is 10.9 Å². The largest absolute Gasteiger partial charge is 0.494 e. The number of hydrogen-bond acceptors (Lipinski definition) is 5. The third-order valence-electron chi connectivity index (χ3n) is 3.18. The number of nitrogens with one attached hydrogen (secondary N) is 2. The lowest BCUT2D eigenvalue weighted by Gasteiger charge is -2.15. The second-order valence-electron chi connectivity index (χ2n) is 5.04. The first kappa shape index (κ1) is 17.8. The van der Waals surface area contributed by atoms with Crippen LogP contribution in [0.3, 0.4) is 0 Å². The molecule has 1 atom stereocenters. The van der Waals surface area contributed by atoms with Crippen molar-refractivity contribution in [2.75, 3.05) is 6.61 Å². The molecular formula is C17H20N2O4S. The summed E-state index contributed by atoms with van der Waals surface area (Å²) in [6.07, 6.45) is -0.757. The summed E-state index contributed by atoms with van der Waals surface area (Å²) in [6, 6.07) is 8.83. The van der Waals surface area contributed by atoms with Crippen molar-refractivity contribution >= 4 is 23.2 Å². The van der Waals surface area contributed by atoms with Gasteiger partial charge in [-0.25, -0.2) is 0 Å². The number of aryl methyl sites for hydroxylation is 1. The van der Waals surface area contributed by atoms with Crippen LogP contribution in [0.4, 0.5) is 0 Å². The minimum Gasteiger partial charge on any atom is -0.494 e. The van der Waals surface area contributed by atoms with Crippen LogP contribution >= 0.6 is 11.3 Å². The second kappa shape index (κ2) is 8.35. The molecule has 1 aromatic carbocycles. The van der Waals surface area contributed by atoms with Gasteiger partial charge in [0.15, 0.2) is 6.10 Å². The van der Waals surface area contributed by atoms with Gasteiger partial charge in [0.1, 0.15) is 11.5 Å². The zero-order valence-corrected chi connectivity index (χ0v) is 14.6. The van der Waals surface area contributed by atoms with Crippen LogP contribution < -0.4 is 20.3 Å². The fourth-order valence-corrected chi connectivity index (χ4v) is 2.74. The summed E-state index contributed by atoms with van der Waals surface area (Å²) in [4.78, 5) is 24.5. The fourth-order valence-electron chi connectivity index (χ4n) is 1.92. The number of hydrogen-bond donors (Lipinski definition) is 2. The molecule has 1 heterocycles. The maximum absolute atomic E-state index is 12.0. The molecule has 2 amide bonds. The fraction of sp³-hybridized carbons (Fsp3) is 0.294. The molecule has 1 unspecified atom stereocenters. The number of amides is 2. The number of hydrazine groups is 1. The smallest absolute Gasteiger partial charge is 0.280 e. The van der Waals surface area contributed by atoms with Crippen LogP contribution in [0.5, 0.6) is 11.5 Å². The van der Waals surface area contributed by atoms with E-state index in [-0.39, 0.29) is 5.91 Å². The number of carbonyl (C=O) groups is 2. The van der Waals surface area contributed by atoms with Gasteiger partial charge in [0.05, 0.1) is 11.5 Å². The zero-order chi connectivity index (χ0) is 17.5. The Kier molecular flexibility index (Phi) is 6.20. The number of benzene rings is 1. The minimum absolute atomic E-state index is 0.343. The monoisotopic (exact) mass is 348 g/mol. The van der Waals surface area contributed by atoms with Gasteiger partial charge in [-0.05, 0) is 62.0 Å². The molecule has 0 fully saturated rings. The normalized spacial score (nSPS) is 11.5. The molecule has 2 N–H and O–H groups in total. The molecule has 0 aliphatic heterocycles. The lowest BCUT2D eigenvalue weighted by Crippen LogP contribution is -2.47.